The lowest BCUT2D eigenvalue weighted by Crippen LogP contribution is -2.49. The van der Waals surface area contributed by atoms with Crippen LogP contribution in [0.5, 0.6) is 0 Å². The summed E-state index contributed by atoms with van der Waals surface area (Å²) in [4.78, 5) is 39.6. The fraction of sp³-hybridized carbons (Fsp3) is 0.579. The number of piperidine rings is 1. The normalized spacial score (nSPS) is 23.4. The van der Waals surface area contributed by atoms with Gasteiger partial charge in [0, 0.05) is 45.5 Å². The van der Waals surface area contributed by atoms with E-state index in [4.69, 9.17) is 0 Å². The molecule has 1 aromatic heterocycles. The van der Waals surface area contributed by atoms with Crippen molar-refractivity contribution >= 4 is 34.9 Å². The molecule has 150 valence electrons. The second-order valence-electron chi connectivity index (χ2n) is 7.36. The standard InChI is InChI=1S/C19H26N6O2S/c26-17-16(28-19(27)22-17)14-15-4-5-20-18(21-15)25-12-10-24(11-13-25)9-8-23-6-2-1-3-7-23/h4-5,14H,1-3,6-13H2,(H,22,26,27)/b16-14+. The van der Waals surface area contributed by atoms with Crippen LogP contribution in [0, 0.1) is 0 Å². The van der Waals surface area contributed by atoms with E-state index in [1.165, 1.54) is 32.4 Å². The van der Waals surface area contributed by atoms with Crippen LogP contribution in [0.3, 0.4) is 0 Å². The lowest BCUT2D eigenvalue weighted by atomic mass is 10.1. The Morgan fingerprint density at radius 3 is 2.39 bits per heavy atom. The number of amides is 2. The van der Waals surface area contributed by atoms with Crippen LogP contribution in [-0.4, -0.2) is 83.3 Å². The maximum Gasteiger partial charge on any atom is 0.290 e. The van der Waals surface area contributed by atoms with Gasteiger partial charge in [0.1, 0.15) is 0 Å². The quantitative estimate of drug-likeness (QED) is 0.741. The van der Waals surface area contributed by atoms with Gasteiger partial charge in [0.2, 0.25) is 5.95 Å². The molecule has 3 fully saturated rings. The Balaban J connectivity index is 1.30. The van der Waals surface area contributed by atoms with Gasteiger partial charge in [-0.25, -0.2) is 9.97 Å². The molecule has 1 N–H and O–H groups in total. The van der Waals surface area contributed by atoms with Crippen molar-refractivity contribution in [2.45, 2.75) is 19.3 Å². The molecule has 3 aliphatic heterocycles. The summed E-state index contributed by atoms with van der Waals surface area (Å²) in [5.74, 6) is 0.317. The molecule has 9 heteroatoms. The molecule has 0 spiro atoms. The lowest BCUT2D eigenvalue weighted by Gasteiger charge is -2.36. The fourth-order valence-corrected chi connectivity index (χ4v) is 4.45. The Bertz CT molecular complexity index is 757. The summed E-state index contributed by atoms with van der Waals surface area (Å²) in [6.07, 6.45) is 7.41. The third kappa shape index (κ3) is 4.89. The van der Waals surface area contributed by atoms with Gasteiger partial charge in [-0.1, -0.05) is 6.42 Å². The van der Waals surface area contributed by atoms with E-state index in [2.05, 4.69) is 30.0 Å². The number of imide groups is 1. The summed E-state index contributed by atoms with van der Waals surface area (Å²) in [5.41, 5.74) is 0.643. The molecule has 1 aromatic rings. The van der Waals surface area contributed by atoms with Crippen LogP contribution in [0.4, 0.5) is 10.7 Å². The Labute approximate surface area is 169 Å². The molecular formula is C19H26N6O2S. The van der Waals surface area contributed by atoms with E-state index < -0.39 is 0 Å². The highest BCUT2D eigenvalue weighted by atomic mass is 32.2. The third-order valence-electron chi connectivity index (χ3n) is 5.42. The predicted molar refractivity (Wildman–Crippen MR) is 110 cm³/mol. The molecule has 4 rings (SSSR count). The zero-order valence-electron chi connectivity index (χ0n) is 16.0. The van der Waals surface area contributed by atoms with Crippen molar-refractivity contribution in [2.75, 3.05) is 57.3 Å². The topological polar surface area (TPSA) is 81.7 Å². The fourth-order valence-electron chi connectivity index (χ4n) is 3.79. The molecule has 0 bridgehead atoms. The van der Waals surface area contributed by atoms with Gasteiger partial charge in [-0.05, 0) is 49.8 Å². The molecule has 0 unspecified atom stereocenters. The van der Waals surface area contributed by atoms with Gasteiger partial charge in [-0.2, -0.15) is 0 Å². The average Bonchev–Trinajstić information content (AvgIpc) is 3.04. The Morgan fingerprint density at radius 1 is 1.00 bits per heavy atom. The molecule has 0 atom stereocenters. The Hall–Kier alpha value is -1.97. The van der Waals surface area contributed by atoms with Gasteiger partial charge in [0.25, 0.3) is 11.1 Å². The van der Waals surface area contributed by atoms with E-state index in [0.717, 1.165) is 51.0 Å². The molecule has 0 aliphatic carbocycles. The smallest absolute Gasteiger partial charge is 0.290 e. The van der Waals surface area contributed by atoms with Gasteiger partial charge >= 0.3 is 0 Å². The average molecular weight is 403 g/mol. The first-order valence-corrected chi connectivity index (χ1v) is 10.8. The monoisotopic (exact) mass is 402 g/mol. The summed E-state index contributed by atoms with van der Waals surface area (Å²) in [5, 5.41) is 1.92. The second kappa shape index (κ2) is 9.02. The predicted octanol–water partition coefficient (Wildman–Crippen LogP) is 1.41. The molecule has 3 saturated heterocycles. The minimum absolute atomic E-state index is 0.341. The molecule has 28 heavy (non-hydrogen) atoms. The summed E-state index contributed by atoms with van der Waals surface area (Å²) >= 11 is 0.904. The number of aromatic nitrogens is 2. The minimum atomic E-state index is -0.363. The van der Waals surface area contributed by atoms with Crippen LogP contribution in [0.25, 0.3) is 6.08 Å². The Kier molecular flexibility index (Phi) is 6.23. The first-order chi connectivity index (χ1) is 13.7. The highest BCUT2D eigenvalue weighted by molar-refractivity contribution is 8.18. The van der Waals surface area contributed by atoms with Crippen LogP contribution >= 0.6 is 11.8 Å². The van der Waals surface area contributed by atoms with Crippen molar-refractivity contribution < 1.29 is 9.59 Å². The number of thioether (sulfide) groups is 1. The van der Waals surface area contributed by atoms with Gasteiger partial charge in [-0.3, -0.25) is 19.8 Å². The van der Waals surface area contributed by atoms with Crippen molar-refractivity contribution in [2.24, 2.45) is 0 Å². The van der Waals surface area contributed by atoms with Crippen molar-refractivity contribution in [1.29, 1.82) is 0 Å². The molecule has 0 saturated carbocycles. The maximum absolute atomic E-state index is 11.7. The molecular weight excluding hydrogens is 376 g/mol. The number of nitrogens with zero attached hydrogens (tertiary/aromatic N) is 5. The first kappa shape index (κ1) is 19.4. The van der Waals surface area contributed by atoms with E-state index in [1.807, 2.05) is 0 Å². The number of piperazine rings is 1. The number of carbonyl (C=O) groups excluding carboxylic acids is 2. The summed E-state index contributed by atoms with van der Waals surface area (Å²) in [7, 11) is 0. The molecule has 2 amide bonds. The van der Waals surface area contributed by atoms with E-state index >= 15 is 0 Å². The number of anilines is 1. The van der Waals surface area contributed by atoms with Crippen LogP contribution in [0.15, 0.2) is 17.2 Å². The highest BCUT2D eigenvalue weighted by Crippen LogP contribution is 2.25. The van der Waals surface area contributed by atoms with Gasteiger partial charge in [0.05, 0.1) is 10.6 Å². The first-order valence-electron chi connectivity index (χ1n) is 9.95. The van der Waals surface area contributed by atoms with Crippen molar-refractivity contribution in [3.05, 3.63) is 22.9 Å². The molecule has 0 aromatic carbocycles. The Morgan fingerprint density at radius 2 is 1.71 bits per heavy atom. The zero-order valence-corrected chi connectivity index (χ0v) is 16.8. The summed E-state index contributed by atoms with van der Waals surface area (Å²) in [6.45, 7) is 8.60. The van der Waals surface area contributed by atoms with E-state index in [-0.39, 0.29) is 11.1 Å². The van der Waals surface area contributed by atoms with E-state index in [1.54, 1.807) is 18.3 Å². The van der Waals surface area contributed by atoms with Crippen LogP contribution in [0.1, 0.15) is 25.0 Å². The number of hydrogen-bond acceptors (Lipinski definition) is 8. The minimum Gasteiger partial charge on any atom is -0.338 e. The number of rotatable bonds is 5. The SMILES string of the molecule is O=C1NC(=O)/C(=C\c2ccnc(N3CCN(CCN4CCCCC4)CC3)n2)S1. The second-order valence-corrected chi connectivity index (χ2v) is 8.38. The molecule has 3 aliphatic rings. The lowest BCUT2D eigenvalue weighted by molar-refractivity contribution is -0.115. The van der Waals surface area contributed by atoms with E-state index in [0.29, 0.717) is 16.5 Å². The van der Waals surface area contributed by atoms with Crippen LogP contribution in [0.2, 0.25) is 0 Å². The summed E-state index contributed by atoms with van der Waals surface area (Å²) < 4.78 is 0. The number of hydrogen-bond donors (Lipinski definition) is 1. The van der Waals surface area contributed by atoms with Gasteiger partial charge in [0.15, 0.2) is 0 Å². The largest absolute Gasteiger partial charge is 0.338 e. The number of likely N-dealkylation sites (tertiary alicyclic amines) is 1. The van der Waals surface area contributed by atoms with Gasteiger partial charge in [-0.15, -0.1) is 0 Å². The highest BCUT2D eigenvalue weighted by Gasteiger charge is 2.25. The van der Waals surface area contributed by atoms with Gasteiger partial charge < -0.3 is 9.80 Å². The summed E-state index contributed by atoms with van der Waals surface area (Å²) in [6, 6.07) is 1.75. The van der Waals surface area contributed by atoms with Crippen LogP contribution < -0.4 is 10.2 Å². The third-order valence-corrected chi connectivity index (χ3v) is 6.23. The number of nitrogens with one attached hydrogen (secondary N) is 1. The van der Waals surface area contributed by atoms with Crippen LogP contribution in [-0.2, 0) is 4.79 Å². The van der Waals surface area contributed by atoms with Crippen molar-refractivity contribution in [3.8, 4) is 0 Å². The number of carbonyl (C=O) groups is 2. The maximum atomic E-state index is 11.7. The molecule has 0 radical (unpaired) electrons. The zero-order chi connectivity index (χ0) is 19.3. The van der Waals surface area contributed by atoms with Crippen molar-refractivity contribution in [1.82, 2.24) is 25.1 Å². The molecule has 4 heterocycles. The molecule has 8 nitrogen and oxygen atoms in total. The van der Waals surface area contributed by atoms with E-state index in [9.17, 15) is 9.59 Å². The van der Waals surface area contributed by atoms with Crippen molar-refractivity contribution in [3.63, 3.8) is 0 Å².